The highest BCUT2D eigenvalue weighted by atomic mass is 16.2. The van der Waals surface area contributed by atoms with Gasteiger partial charge in [0.15, 0.2) is 5.69 Å². The van der Waals surface area contributed by atoms with Crippen molar-refractivity contribution in [3.63, 3.8) is 0 Å². The maximum Gasteiger partial charge on any atom is 0.276 e. The Balaban J connectivity index is 2.06. The van der Waals surface area contributed by atoms with E-state index in [0.29, 0.717) is 17.3 Å². The second kappa shape index (κ2) is 7.52. The molecule has 0 spiro atoms. The molecule has 3 rings (SSSR count). The third-order valence-electron chi connectivity index (χ3n) is 4.21. The number of carbonyl (C=O) groups is 1. The topological polar surface area (TPSA) is 64.0 Å². The zero-order valence-corrected chi connectivity index (χ0v) is 15.3. The van der Waals surface area contributed by atoms with Gasteiger partial charge in [-0.2, -0.15) is 5.10 Å². The lowest BCUT2D eigenvalue weighted by atomic mass is 10.1. The second-order valence-electron chi connectivity index (χ2n) is 6.78. The summed E-state index contributed by atoms with van der Waals surface area (Å²) in [5, 5.41) is 8.36. The normalized spacial score (nSPS) is 11.1. The highest BCUT2D eigenvalue weighted by Crippen LogP contribution is 2.17. The first-order valence-corrected chi connectivity index (χ1v) is 8.89. The minimum atomic E-state index is -0.313. The summed E-state index contributed by atoms with van der Waals surface area (Å²) >= 11 is 0. The van der Waals surface area contributed by atoms with Gasteiger partial charge >= 0.3 is 0 Å². The van der Waals surface area contributed by atoms with Crippen molar-refractivity contribution < 1.29 is 4.79 Å². The Hall–Kier alpha value is -2.95. The zero-order chi connectivity index (χ0) is 18.7. The van der Waals surface area contributed by atoms with Crippen LogP contribution < -0.4 is 10.9 Å². The van der Waals surface area contributed by atoms with E-state index in [0.717, 1.165) is 17.7 Å². The molecule has 2 aromatic carbocycles. The third kappa shape index (κ3) is 3.67. The molecule has 1 heterocycles. The Labute approximate surface area is 152 Å². The number of hydrogen-bond donors (Lipinski definition) is 1. The number of aryl methyl sites for hydroxylation is 1. The third-order valence-corrected chi connectivity index (χ3v) is 4.21. The Kier molecular flexibility index (Phi) is 5.16. The van der Waals surface area contributed by atoms with Crippen LogP contribution in [-0.2, 0) is 13.0 Å². The number of benzene rings is 2. The van der Waals surface area contributed by atoms with Crippen LogP contribution in [0.2, 0.25) is 0 Å². The minimum Gasteiger partial charge on any atom is -0.321 e. The summed E-state index contributed by atoms with van der Waals surface area (Å²) in [7, 11) is 0. The molecule has 3 aromatic rings. The van der Waals surface area contributed by atoms with E-state index in [-0.39, 0.29) is 23.1 Å². The van der Waals surface area contributed by atoms with Crippen LogP contribution in [0.5, 0.6) is 0 Å². The molecule has 0 radical (unpaired) electrons. The van der Waals surface area contributed by atoms with Crippen LogP contribution in [0.3, 0.4) is 0 Å². The molecule has 0 bridgehead atoms. The maximum absolute atomic E-state index is 12.9. The van der Waals surface area contributed by atoms with E-state index in [9.17, 15) is 9.59 Å². The van der Waals surface area contributed by atoms with Gasteiger partial charge in [0.05, 0.1) is 5.39 Å². The van der Waals surface area contributed by atoms with Gasteiger partial charge in [-0.3, -0.25) is 9.59 Å². The van der Waals surface area contributed by atoms with Crippen molar-refractivity contribution in [1.82, 2.24) is 9.78 Å². The number of nitrogens with zero attached hydrogens (tertiary/aromatic N) is 2. The molecule has 0 aliphatic carbocycles. The van der Waals surface area contributed by atoms with Gasteiger partial charge in [-0.15, -0.1) is 0 Å². The molecular formula is C21H23N3O2. The number of fused-ring (bicyclic) bond motifs is 1. The predicted octanol–water partition coefficient (Wildman–Crippen LogP) is 3.87. The van der Waals surface area contributed by atoms with Gasteiger partial charge in [-0.05, 0) is 36.1 Å². The van der Waals surface area contributed by atoms with Crippen LogP contribution in [0.25, 0.3) is 10.8 Å². The van der Waals surface area contributed by atoms with Gasteiger partial charge in [0, 0.05) is 17.6 Å². The van der Waals surface area contributed by atoms with Crippen LogP contribution >= 0.6 is 0 Å². The van der Waals surface area contributed by atoms with Gasteiger partial charge in [-0.25, -0.2) is 4.68 Å². The van der Waals surface area contributed by atoms with E-state index < -0.39 is 0 Å². The first kappa shape index (κ1) is 17.9. The summed E-state index contributed by atoms with van der Waals surface area (Å²) in [6, 6.07) is 14.9. The number of nitrogens with one attached hydrogen (secondary N) is 1. The number of anilines is 1. The number of carbonyl (C=O) groups excluding carboxylic acids is 1. The van der Waals surface area contributed by atoms with Gasteiger partial charge in [0.1, 0.15) is 0 Å². The van der Waals surface area contributed by atoms with Crippen LogP contribution in [0.15, 0.2) is 53.3 Å². The van der Waals surface area contributed by atoms with Crippen molar-refractivity contribution in [2.75, 3.05) is 5.32 Å². The van der Waals surface area contributed by atoms with E-state index in [1.165, 1.54) is 4.68 Å². The van der Waals surface area contributed by atoms with Crippen molar-refractivity contribution in [3.8, 4) is 0 Å². The first-order valence-electron chi connectivity index (χ1n) is 8.89. The average Bonchev–Trinajstić information content (AvgIpc) is 2.64. The largest absolute Gasteiger partial charge is 0.321 e. The molecule has 0 saturated heterocycles. The van der Waals surface area contributed by atoms with E-state index in [1.54, 1.807) is 18.2 Å². The fourth-order valence-electron chi connectivity index (χ4n) is 2.93. The van der Waals surface area contributed by atoms with Crippen molar-refractivity contribution >= 4 is 22.4 Å². The molecule has 1 N–H and O–H groups in total. The Morgan fingerprint density at radius 2 is 1.85 bits per heavy atom. The quantitative estimate of drug-likeness (QED) is 0.760. The van der Waals surface area contributed by atoms with Gasteiger partial charge in [0.25, 0.3) is 11.5 Å². The molecule has 1 amide bonds. The summed E-state index contributed by atoms with van der Waals surface area (Å²) in [6.45, 7) is 6.56. The summed E-state index contributed by atoms with van der Waals surface area (Å²) in [5.74, 6) is -0.0644. The number of aromatic nitrogens is 2. The Bertz CT molecular complexity index is 1010. The number of amides is 1. The average molecular weight is 349 g/mol. The molecule has 134 valence electrons. The highest BCUT2D eigenvalue weighted by molar-refractivity contribution is 6.11. The molecule has 1 aromatic heterocycles. The van der Waals surface area contributed by atoms with Gasteiger partial charge in [-0.1, -0.05) is 51.1 Å². The molecule has 0 atom stereocenters. The van der Waals surface area contributed by atoms with Crippen LogP contribution in [0.4, 0.5) is 5.69 Å². The highest BCUT2D eigenvalue weighted by Gasteiger charge is 2.17. The summed E-state index contributed by atoms with van der Waals surface area (Å²) in [5.41, 5.74) is 1.97. The van der Waals surface area contributed by atoms with Crippen LogP contribution in [0, 0.1) is 5.92 Å². The summed E-state index contributed by atoms with van der Waals surface area (Å²) < 4.78 is 1.39. The molecule has 0 aliphatic rings. The van der Waals surface area contributed by atoms with Crippen LogP contribution in [0.1, 0.15) is 36.8 Å². The predicted molar refractivity (Wildman–Crippen MR) is 105 cm³/mol. The lowest BCUT2D eigenvalue weighted by Crippen LogP contribution is -2.29. The summed E-state index contributed by atoms with van der Waals surface area (Å²) in [4.78, 5) is 25.5. The molecular weight excluding hydrogens is 326 g/mol. The Morgan fingerprint density at radius 3 is 2.54 bits per heavy atom. The van der Waals surface area contributed by atoms with E-state index in [4.69, 9.17) is 0 Å². The molecule has 0 fully saturated rings. The van der Waals surface area contributed by atoms with Crippen molar-refractivity contribution in [2.24, 2.45) is 5.92 Å². The molecule has 0 saturated carbocycles. The summed E-state index contributed by atoms with van der Waals surface area (Å²) in [6.07, 6.45) is 0.893. The maximum atomic E-state index is 12.9. The standard InChI is InChI=1S/C21H23N3O2/c1-4-15-8-7-9-16(12-15)22-20(25)19-17-10-5-6-11-18(17)21(26)24(23-19)13-14(2)3/h5-12,14H,4,13H2,1-3H3,(H,22,25). The van der Waals surface area contributed by atoms with Gasteiger partial charge < -0.3 is 5.32 Å². The first-order chi connectivity index (χ1) is 12.5. The fraction of sp³-hybridized carbons (Fsp3) is 0.286. The van der Waals surface area contributed by atoms with E-state index >= 15 is 0 Å². The molecule has 5 nitrogen and oxygen atoms in total. The lowest BCUT2D eigenvalue weighted by Gasteiger charge is -2.13. The fourth-order valence-corrected chi connectivity index (χ4v) is 2.93. The molecule has 0 aliphatic heterocycles. The second-order valence-corrected chi connectivity index (χ2v) is 6.78. The SMILES string of the molecule is CCc1cccc(NC(=O)c2nn(CC(C)C)c(=O)c3ccccc23)c1. The molecule has 26 heavy (non-hydrogen) atoms. The minimum absolute atomic E-state index is 0.168. The molecule has 5 heteroatoms. The number of hydrogen-bond acceptors (Lipinski definition) is 3. The van der Waals surface area contributed by atoms with Crippen molar-refractivity contribution in [3.05, 3.63) is 70.1 Å². The smallest absolute Gasteiger partial charge is 0.276 e. The van der Waals surface area contributed by atoms with Gasteiger partial charge in [0.2, 0.25) is 0 Å². The lowest BCUT2D eigenvalue weighted by molar-refractivity contribution is 0.102. The van der Waals surface area contributed by atoms with Crippen LogP contribution in [-0.4, -0.2) is 15.7 Å². The zero-order valence-electron chi connectivity index (χ0n) is 15.3. The van der Waals surface area contributed by atoms with E-state index in [1.807, 2.05) is 44.2 Å². The van der Waals surface area contributed by atoms with Crippen molar-refractivity contribution in [1.29, 1.82) is 0 Å². The monoisotopic (exact) mass is 349 g/mol. The van der Waals surface area contributed by atoms with E-state index in [2.05, 4.69) is 17.3 Å². The number of rotatable bonds is 5. The van der Waals surface area contributed by atoms with Crippen molar-refractivity contribution in [2.45, 2.75) is 33.7 Å². The molecule has 0 unspecified atom stereocenters. The Morgan fingerprint density at radius 1 is 1.12 bits per heavy atom.